The van der Waals surface area contributed by atoms with Crippen molar-refractivity contribution in [1.82, 2.24) is 4.90 Å². The lowest BCUT2D eigenvalue weighted by Crippen LogP contribution is -2.44. The standard InChI is InChI=1S/C19H16BrNO5/c1-12(21-17(22)15-7-2-3-8-16(15)18(21)23)19(24)26-10-9-25-14-6-4-5-13(20)11-14/h2-8,11-12H,9-10H2,1H3/t12-/m1/s1. The fourth-order valence-corrected chi connectivity index (χ4v) is 3.02. The second-order valence-corrected chi connectivity index (χ2v) is 6.59. The zero-order chi connectivity index (χ0) is 18.7. The molecule has 1 heterocycles. The molecule has 6 nitrogen and oxygen atoms in total. The maximum atomic E-state index is 12.4. The predicted molar refractivity (Wildman–Crippen MR) is 97.0 cm³/mol. The molecule has 0 radical (unpaired) electrons. The van der Waals surface area contributed by atoms with Gasteiger partial charge in [-0.3, -0.25) is 14.5 Å². The van der Waals surface area contributed by atoms with E-state index in [0.29, 0.717) is 16.9 Å². The van der Waals surface area contributed by atoms with E-state index in [4.69, 9.17) is 9.47 Å². The van der Waals surface area contributed by atoms with Crippen LogP contribution in [-0.2, 0) is 9.53 Å². The summed E-state index contributed by atoms with van der Waals surface area (Å²) >= 11 is 3.34. The highest BCUT2D eigenvalue weighted by atomic mass is 79.9. The van der Waals surface area contributed by atoms with E-state index in [1.54, 1.807) is 36.4 Å². The van der Waals surface area contributed by atoms with Crippen molar-refractivity contribution in [3.63, 3.8) is 0 Å². The van der Waals surface area contributed by atoms with Gasteiger partial charge in [0.1, 0.15) is 25.0 Å². The molecule has 3 rings (SSSR count). The van der Waals surface area contributed by atoms with Gasteiger partial charge >= 0.3 is 5.97 Å². The molecule has 26 heavy (non-hydrogen) atoms. The minimum atomic E-state index is -1.01. The van der Waals surface area contributed by atoms with Crippen LogP contribution in [0.4, 0.5) is 0 Å². The van der Waals surface area contributed by atoms with Crippen LogP contribution in [0.2, 0.25) is 0 Å². The predicted octanol–water partition coefficient (Wildman–Crippen LogP) is 3.06. The molecule has 0 bridgehead atoms. The zero-order valence-corrected chi connectivity index (χ0v) is 15.6. The Kier molecular flexibility index (Phi) is 5.37. The lowest BCUT2D eigenvalue weighted by Gasteiger charge is -2.20. The molecule has 2 aromatic carbocycles. The molecule has 0 unspecified atom stereocenters. The number of ether oxygens (including phenoxy) is 2. The molecule has 0 aliphatic carbocycles. The summed E-state index contributed by atoms with van der Waals surface area (Å²) in [7, 11) is 0. The number of nitrogens with zero attached hydrogens (tertiary/aromatic N) is 1. The maximum absolute atomic E-state index is 12.4. The molecule has 0 N–H and O–H groups in total. The molecular formula is C19H16BrNO5. The summed E-state index contributed by atoms with van der Waals surface area (Å²) in [6, 6.07) is 12.8. The summed E-state index contributed by atoms with van der Waals surface area (Å²) in [5.74, 6) is -0.984. The SMILES string of the molecule is C[C@H](C(=O)OCCOc1cccc(Br)c1)N1C(=O)c2ccccc2C1=O. The van der Waals surface area contributed by atoms with Crippen molar-refractivity contribution < 1.29 is 23.9 Å². The number of esters is 1. The average Bonchev–Trinajstić information content (AvgIpc) is 2.89. The van der Waals surface area contributed by atoms with E-state index < -0.39 is 23.8 Å². The smallest absolute Gasteiger partial charge is 0.329 e. The van der Waals surface area contributed by atoms with Crippen molar-refractivity contribution in [2.45, 2.75) is 13.0 Å². The Morgan fingerprint density at radius 2 is 1.69 bits per heavy atom. The van der Waals surface area contributed by atoms with Gasteiger partial charge in [0.15, 0.2) is 0 Å². The van der Waals surface area contributed by atoms with Crippen LogP contribution in [0.15, 0.2) is 53.0 Å². The fourth-order valence-electron chi connectivity index (χ4n) is 2.64. The molecule has 7 heteroatoms. The van der Waals surface area contributed by atoms with Gasteiger partial charge in [0, 0.05) is 4.47 Å². The quantitative estimate of drug-likeness (QED) is 0.410. The van der Waals surface area contributed by atoms with Crippen LogP contribution < -0.4 is 4.74 Å². The lowest BCUT2D eigenvalue weighted by atomic mass is 10.1. The van der Waals surface area contributed by atoms with E-state index in [-0.39, 0.29) is 13.2 Å². The normalized spacial score (nSPS) is 14.2. The minimum Gasteiger partial charge on any atom is -0.490 e. The number of rotatable bonds is 6. The first-order valence-electron chi connectivity index (χ1n) is 8.01. The van der Waals surface area contributed by atoms with Crippen LogP contribution in [0.25, 0.3) is 0 Å². The first-order valence-corrected chi connectivity index (χ1v) is 8.80. The first kappa shape index (κ1) is 18.1. The van der Waals surface area contributed by atoms with Crippen LogP contribution in [0, 0.1) is 0 Å². The first-order chi connectivity index (χ1) is 12.5. The summed E-state index contributed by atoms with van der Waals surface area (Å²) in [5.41, 5.74) is 0.602. The number of halogens is 1. The third kappa shape index (κ3) is 3.62. The summed E-state index contributed by atoms with van der Waals surface area (Å²) in [5, 5.41) is 0. The van der Waals surface area contributed by atoms with Crippen LogP contribution >= 0.6 is 15.9 Å². The zero-order valence-electron chi connectivity index (χ0n) is 14.0. The van der Waals surface area contributed by atoms with Gasteiger partial charge in [0.05, 0.1) is 11.1 Å². The fraction of sp³-hybridized carbons (Fsp3) is 0.211. The molecular weight excluding hydrogens is 402 g/mol. The third-order valence-electron chi connectivity index (χ3n) is 3.95. The second-order valence-electron chi connectivity index (χ2n) is 5.68. The molecule has 0 saturated carbocycles. The average molecular weight is 418 g/mol. The Morgan fingerprint density at radius 1 is 1.04 bits per heavy atom. The van der Waals surface area contributed by atoms with Crippen LogP contribution in [0.3, 0.4) is 0 Å². The number of carbonyl (C=O) groups is 3. The molecule has 1 aliphatic rings. The number of carbonyl (C=O) groups excluding carboxylic acids is 3. The van der Waals surface area contributed by atoms with Gasteiger partial charge in [-0.1, -0.05) is 34.1 Å². The third-order valence-corrected chi connectivity index (χ3v) is 4.44. The molecule has 2 amide bonds. The van der Waals surface area contributed by atoms with E-state index in [1.807, 2.05) is 12.1 Å². The molecule has 0 fully saturated rings. The van der Waals surface area contributed by atoms with Gasteiger partial charge in [0.25, 0.3) is 11.8 Å². The molecule has 1 atom stereocenters. The van der Waals surface area contributed by atoms with Crippen LogP contribution in [0.5, 0.6) is 5.75 Å². The number of imide groups is 1. The molecule has 134 valence electrons. The van der Waals surface area contributed by atoms with Crippen molar-refractivity contribution in [3.05, 3.63) is 64.1 Å². The maximum Gasteiger partial charge on any atom is 0.329 e. The Morgan fingerprint density at radius 3 is 2.31 bits per heavy atom. The summed E-state index contributed by atoms with van der Waals surface area (Å²) < 4.78 is 11.5. The highest BCUT2D eigenvalue weighted by molar-refractivity contribution is 9.10. The molecule has 0 spiro atoms. The van der Waals surface area contributed by atoms with Crippen molar-refractivity contribution in [2.24, 2.45) is 0 Å². The topological polar surface area (TPSA) is 72.9 Å². The van der Waals surface area contributed by atoms with Gasteiger partial charge in [0.2, 0.25) is 0 Å². The van der Waals surface area contributed by atoms with Crippen LogP contribution in [-0.4, -0.2) is 41.9 Å². The number of hydrogen-bond acceptors (Lipinski definition) is 5. The lowest BCUT2D eigenvalue weighted by molar-refractivity contribution is -0.148. The Hall–Kier alpha value is -2.67. The number of fused-ring (bicyclic) bond motifs is 1. The van der Waals surface area contributed by atoms with Gasteiger partial charge < -0.3 is 9.47 Å². The van der Waals surface area contributed by atoms with Gasteiger partial charge in [-0.25, -0.2) is 4.79 Å². The van der Waals surface area contributed by atoms with Crippen molar-refractivity contribution >= 4 is 33.7 Å². The van der Waals surface area contributed by atoms with E-state index in [9.17, 15) is 14.4 Å². The molecule has 0 saturated heterocycles. The van der Waals surface area contributed by atoms with E-state index in [2.05, 4.69) is 15.9 Å². The van der Waals surface area contributed by atoms with E-state index >= 15 is 0 Å². The molecule has 0 aromatic heterocycles. The number of benzene rings is 2. The van der Waals surface area contributed by atoms with Crippen LogP contribution in [0.1, 0.15) is 27.6 Å². The molecule has 2 aromatic rings. The Bertz CT molecular complexity index is 832. The van der Waals surface area contributed by atoms with E-state index in [0.717, 1.165) is 9.37 Å². The second kappa shape index (κ2) is 7.70. The summed E-state index contributed by atoms with van der Waals surface area (Å²) in [6.45, 7) is 1.65. The summed E-state index contributed by atoms with van der Waals surface area (Å²) in [6.07, 6.45) is 0. The Balaban J connectivity index is 1.54. The number of hydrogen-bond donors (Lipinski definition) is 0. The highest BCUT2D eigenvalue weighted by Crippen LogP contribution is 2.24. The summed E-state index contributed by atoms with van der Waals surface area (Å²) in [4.78, 5) is 37.9. The van der Waals surface area contributed by atoms with Crippen molar-refractivity contribution in [3.8, 4) is 5.75 Å². The molecule has 1 aliphatic heterocycles. The van der Waals surface area contributed by atoms with Gasteiger partial charge in [-0.05, 0) is 37.3 Å². The van der Waals surface area contributed by atoms with Gasteiger partial charge in [-0.15, -0.1) is 0 Å². The Labute approximate surface area is 158 Å². The van der Waals surface area contributed by atoms with Crippen molar-refractivity contribution in [1.29, 1.82) is 0 Å². The minimum absolute atomic E-state index is 0.0128. The largest absolute Gasteiger partial charge is 0.490 e. The van der Waals surface area contributed by atoms with E-state index in [1.165, 1.54) is 6.92 Å². The highest BCUT2D eigenvalue weighted by Gasteiger charge is 2.41. The van der Waals surface area contributed by atoms with Crippen molar-refractivity contribution in [2.75, 3.05) is 13.2 Å². The monoisotopic (exact) mass is 417 g/mol. The van der Waals surface area contributed by atoms with Gasteiger partial charge in [-0.2, -0.15) is 0 Å². The number of amides is 2.